The molecular formula is C17H15ClFN3O3S. The number of nitrogens with zero attached hydrogens (tertiary/aromatic N) is 2. The van der Waals surface area contributed by atoms with Crippen LogP contribution in [0.4, 0.5) is 10.1 Å². The highest BCUT2D eigenvalue weighted by atomic mass is 35.5. The van der Waals surface area contributed by atoms with Crippen LogP contribution < -0.4 is 5.32 Å². The maximum absolute atomic E-state index is 13.4. The Hall–Kier alpha value is -2.45. The fourth-order valence-electron chi connectivity index (χ4n) is 2.38. The van der Waals surface area contributed by atoms with Gasteiger partial charge in [-0.2, -0.15) is 4.98 Å². The zero-order valence-corrected chi connectivity index (χ0v) is 15.3. The molecule has 0 aliphatic heterocycles. The first-order valence-electron chi connectivity index (χ1n) is 7.59. The van der Waals surface area contributed by atoms with Crippen molar-refractivity contribution >= 4 is 27.1 Å². The molecule has 0 spiro atoms. The predicted molar refractivity (Wildman–Crippen MR) is 97.0 cm³/mol. The summed E-state index contributed by atoms with van der Waals surface area (Å²) in [5.74, 6) is -0.0843. The second kappa shape index (κ2) is 7.43. The van der Waals surface area contributed by atoms with Crippen molar-refractivity contribution < 1.29 is 17.3 Å². The third kappa shape index (κ3) is 4.80. The van der Waals surface area contributed by atoms with E-state index in [9.17, 15) is 12.8 Å². The van der Waals surface area contributed by atoms with E-state index in [4.69, 9.17) is 16.1 Å². The van der Waals surface area contributed by atoms with Crippen LogP contribution in [0.1, 0.15) is 11.4 Å². The molecule has 3 aromatic rings. The van der Waals surface area contributed by atoms with Crippen LogP contribution in [0.15, 0.2) is 47.0 Å². The predicted octanol–water partition coefficient (Wildman–Crippen LogP) is 3.69. The third-order valence-corrected chi connectivity index (χ3v) is 4.53. The lowest BCUT2D eigenvalue weighted by molar-refractivity contribution is 0.423. The monoisotopic (exact) mass is 395 g/mol. The molecule has 0 saturated carbocycles. The molecule has 0 aliphatic carbocycles. The average Bonchev–Trinajstić information content (AvgIpc) is 3.01. The molecular weight excluding hydrogens is 381 g/mol. The fraction of sp³-hybridized carbons (Fsp3) is 0.176. The molecule has 1 aromatic heterocycles. The highest BCUT2D eigenvalue weighted by molar-refractivity contribution is 7.89. The van der Waals surface area contributed by atoms with Gasteiger partial charge < -0.3 is 9.84 Å². The van der Waals surface area contributed by atoms with Gasteiger partial charge in [0.05, 0.1) is 12.3 Å². The molecule has 0 amide bonds. The summed E-state index contributed by atoms with van der Waals surface area (Å²) in [6.45, 7) is 0.187. The van der Waals surface area contributed by atoms with Crippen molar-refractivity contribution in [3.05, 3.63) is 64.7 Å². The highest BCUT2D eigenvalue weighted by Gasteiger charge is 2.13. The van der Waals surface area contributed by atoms with Crippen LogP contribution >= 0.6 is 11.6 Å². The largest absolute Gasteiger partial charge is 0.377 e. The standard InChI is InChI=1S/C17H15ClFN3O3S/c1-26(23,24)10-12-8-14(19)5-6-15(12)20-9-16-21-17(25-22-16)11-3-2-4-13(18)7-11/h2-8,20H,9-10H2,1H3. The molecule has 136 valence electrons. The second-order valence-corrected chi connectivity index (χ2v) is 8.33. The van der Waals surface area contributed by atoms with Crippen LogP contribution in [-0.4, -0.2) is 24.8 Å². The smallest absolute Gasteiger partial charge is 0.258 e. The number of sulfone groups is 1. The van der Waals surface area contributed by atoms with Crippen LogP contribution in [0.25, 0.3) is 11.5 Å². The third-order valence-electron chi connectivity index (χ3n) is 3.46. The summed E-state index contributed by atoms with van der Waals surface area (Å²) in [6, 6.07) is 10.9. The fourth-order valence-corrected chi connectivity index (χ4v) is 3.37. The lowest BCUT2D eigenvalue weighted by atomic mass is 10.2. The van der Waals surface area contributed by atoms with E-state index in [-0.39, 0.29) is 12.3 Å². The minimum absolute atomic E-state index is 0.187. The molecule has 9 heteroatoms. The number of hydrogen-bond acceptors (Lipinski definition) is 6. The van der Waals surface area contributed by atoms with Gasteiger partial charge in [-0.15, -0.1) is 0 Å². The van der Waals surface area contributed by atoms with E-state index in [0.717, 1.165) is 6.26 Å². The Labute approximate surface area is 154 Å². The van der Waals surface area contributed by atoms with Gasteiger partial charge in [-0.1, -0.05) is 22.8 Å². The maximum atomic E-state index is 13.4. The van der Waals surface area contributed by atoms with Crippen molar-refractivity contribution in [3.63, 3.8) is 0 Å². The minimum atomic E-state index is -3.30. The SMILES string of the molecule is CS(=O)(=O)Cc1cc(F)ccc1NCc1noc(-c2cccc(Cl)c2)n1. The molecule has 0 bridgehead atoms. The van der Waals surface area contributed by atoms with E-state index in [2.05, 4.69) is 15.5 Å². The Morgan fingerprint density at radius 3 is 2.77 bits per heavy atom. The molecule has 2 aromatic carbocycles. The Balaban J connectivity index is 1.76. The van der Waals surface area contributed by atoms with E-state index >= 15 is 0 Å². The zero-order valence-electron chi connectivity index (χ0n) is 13.7. The van der Waals surface area contributed by atoms with Gasteiger partial charge in [-0.3, -0.25) is 0 Å². The molecule has 1 N–H and O–H groups in total. The number of rotatable bonds is 6. The van der Waals surface area contributed by atoms with Gasteiger partial charge in [-0.05, 0) is 42.0 Å². The summed E-state index contributed by atoms with van der Waals surface area (Å²) in [5, 5.41) is 7.44. The molecule has 0 saturated heterocycles. The van der Waals surface area contributed by atoms with E-state index < -0.39 is 15.7 Å². The van der Waals surface area contributed by atoms with Crippen molar-refractivity contribution in [1.29, 1.82) is 0 Å². The first-order chi connectivity index (χ1) is 12.3. The van der Waals surface area contributed by atoms with Gasteiger partial charge in [0.15, 0.2) is 15.7 Å². The van der Waals surface area contributed by atoms with Crippen molar-refractivity contribution in [2.45, 2.75) is 12.3 Å². The Bertz CT molecular complexity index is 1040. The minimum Gasteiger partial charge on any atom is -0.377 e. The molecule has 3 rings (SSSR count). The lowest BCUT2D eigenvalue weighted by Crippen LogP contribution is -2.08. The lowest BCUT2D eigenvalue weighted by Gasteiger charge is -2.10. The molecule has 26 heavy (non-hydrogen) atoms. The van der Waals surface area contributed by atoms with Crippen molar-refractivity contribution in [2.24, 2.45) is 0 Å². The van der Waals surface area contributed by atoms with Crippen molar-refractivity contribution in [3.8, 4) is 11.5 Å². The molecule has 0 fully saturated rings. The van der Waals surface area contributed by atoms with Gasteiger partial charge in [0.25, 0.3) is 5.89 Å². The van der Waals surface area contributed by atoms with E-state index in [1.165, 1.54) is 18.2 Å². The van der Waals surface area contributed by atoms with Crippen molar-refractivity contribution in [2.75, 3.05) is 11.6 Å². The van der Waals surface area contributed by atoms with Crippen molar-refractivity contribution in [1.82, 2.24) is 10.1 Å². The molecule has 0 radical (unpaired) electrons. The summed E-state index contributed by atoms with van der Waals surface area (Å²) in [5.41, 5.74) is 1.52. The number of benzene rings is 2. The molecule has 0 aliphatic rings. The first kappa shape index (κ1) is 18.3. The van der Waals surface area contributed by atoms with E-state index in [1.807, 2.05) is 0 Å². The molecule has 0 atom stereocenters. The summed E-state index contributed by atoms with van der Waals surface area (Å²) in [6.07, 6.45) is 1.10. The van der Waals surface area contributed by atoms with Crippen LogP contribution in [0.5, 0.6) is 0 Å². The van der Waals surface area contributed by atoms with Crippen LogP contribution in [0.3, 0.4) is 0 Å². The number of halogens is 2. The number of hydrogen-bond donors (Lipinski definition) is 1. The summed E-state index contributed by atoms with van der Waals surface area (Å²) >= 11 is 5.94. The topological polar surface area (TPSA) is 85.1 Å². The number of nitrogens with one attached hydrogen (secondary N) is 1. The second-order valence-electron chi connectivity index (χ2n) is 5.75. The molecule has 0 unspecified atom stereocenters. The quantitative estimate of drug-likeness (QED) is 0.685. The maximum Gasteiger partial charge on any atom is 0.258 e. The van der Waals surface area contributed by atoms with Gasteiger partial charge in [0, 0.05) is 22.5 Å². The van der Waals surface area contributed by atoms with E-state index in [1.54, 1.807) is 24.3 Å². The van der Waals surface area contributed by atoms with Crippen LogP contribution in [-0.2, 0) is 22.1 Å². The van der Waals surface area contributed by atoms with Gasteiger partial charge in [-0.25, -0.2) is 12.8 Å². The summed E-state index contributed by atoms with van der Waals surface area (Å²) < 4.78 is 41.7. The van der Waals surface area contributed by atoms with Gasteiger partial charge in [0.2, 0.25) is 0 Å². The van der Waals surface area contributed by atoms with Gasteiger partial charge in [0.1, 0.15) is 5.82 Å². The number of anilines is 1. The molecule has 1 heterocycles. The highest BCUT2D eigenvalue weighted by Crippen LogP contribution is 2.22. The van der Waals surface area contributed by atoms with E-state index in [0.29, 0.717) is 33.6 Å². The average molecular weight is 396 g/mol. The normalized spacial score (nSPS) is 11.5. The Morgan fingerprint density at radius 2 is 2.04 bits per heavy atom. The Kier molecular flexibility index (Phi) is 5.24. The van der Waals surface area contributed by atoms with Gasteiger partial charge >= 0.3 is 0 Å². The number of aromatic nitrogens is 2. The Morgan fingerprint density at radius 1 is 1.23 bits per heavy atom. The summed E-state index contributed by atoms with van der Waals surface area (Å²) in [7, 11) is -3.30. The van der Waals surface area contributed by atoms with Crippen LogP contribution in [0, 0.1) is 5.82 Å². The van der Waals surface area contributed by atoms with Crippen LogP contribution in [0.2, 0.25) is 5.02 Å². The summed E-state index contributed by atoms with van der Waals surface area (Å²) in [4.78, 5) is 4.27. The zero-order chi connectivity index (χ0) is 18.7. The molecule has 6 nitrogen and oxygen atoms in total. The first-order valence-corrected chi connectivity index (χ1v) is 10.0.